The Bertz CT molecular complexity index is 1080. The largest absolute Gasteiger partial charge is 0.504 e. The first-order valence-corrected chi connectivity index (χ1v) is 9.62. The number of ether oxygens (including phenoxy) is 3. The Morgan fingerprint density at radius 2 is 1.03 bits per heavy atom. The fraction of sp³-hybridized carbons (Fsp3) is 0.167. The topological polar surface area (TPSA) is 113 Å². The second-order valence-corrected chi connectivity index (χ2v) is 6.72. The standard InChI is InChI=1S/C24H24N2O6/c1-30-21-10-15(4-7-18(21)27)13-25-24(17-6-9-20(29)23(12-17)32-3)26-14-16-5-8-19(28)22(11-16)31-2/h4-14,24,27-29H,1-3H3/b25-13+,26-14+. The predicted molar refractivity (Wildman–Crippen MR) is 122 cm³/mol. The van der Waals surface area contributed by atoms with Crippen LogP contribution in [0.2, 0.25) is 0 Å². The highest BCUT2D eigenvalue weighted by Gasteiger charge is 2.12. The van der Waals surface area contributed by atoms with Crippen LogP contribution in [-0.2, 0) is 0 Å². The van der Waals surface area contributed by atoms with Gasteiger partial charge in [0.15, 0.2) is 40.7 Å². The molecule has 0 saturated heterocycles. The number of hydrogen-bond acceptors (Lipinski definition) is 8. The van der Waals surface area contributed by atoms with Gasteiger partial charge in [-0.05, 0) is 59.7 Å². The molecule has 166 valence electrons. The van der Waals surface area contributed by atoms with Crippen molar-refractivity contribution in [3.05, 3.63) is 71.3 Å². The second-order valence-electron chi connectivity index (χ2n) is 6.72. The number of nitrogens with zero attached hydrogens (tertiary/aromatic N) is 2. The van der Waals surface area contributed by atoms with Crippen molar-refractivity contribution in [3.63, 3.8) is 0 Å². The molecule has 3 aromatic carbocycles. The Morgan fingerprint density at radius 1 is 0.625 bits per heavy atom. The van der Waals surface area contributed by atoms with Gasteiger partial charge in [0.05, 0.1) is 21.3 Å². The average molecular weight is 436 g/mol. The minimum absolute atomic E-state index is 0.00880. The average Bonchev–Trinajstić information content (AvgIpc) is 2.81. The number of benzene rings is 3. The molecule has 0 aliphatic rings. The van der Waals surface area contributed by atoms with Gasteiger partial charge in [-0.3, -0.25) is 9.98 Å². The Balaban J connectivity index is 1.97. The van der Waals surface area contributed by atoms with Crippen LogP contribution in [-0.4, -0.2) is 49.1 Å². The van der Waals surface area contributed by atoms with Crippen LogP contribution in [0.1, 0.15) is 22.9 Å². The summed E-state index contributed by atoms with van der Waals surface area (Å²) in [4.78, 5) is 9.14. The fourth-order valence-electron chi connectivity index (χ4n) is 2.93. The number of rotatable bonds is 8. The van der Waals surface area contributed by atoms with Crippen LogP contribution in [0.25, 0.3) is 0 Å². The molecule has 0 atom stereocenters. The van der Waals surface area contributed by atoms with Gasteiger partial charge < -0.3 is 29.5 Å². The number of phenols is 3. The number of hydrogen-bond donors (Lipinski definition) is 3. The van der Waals surface area contributed by atoms with Crippen molar-refractivity contribution in [3.8, 4) is 34.5 Å². The van der Waals surface area contributed by atoms with E-state index < -0.39 is 6.17 Å². The zero-order valence-electron chi connectivity index (χ0n) is 17.9. The smallest absolute Gasteiger partial charge is 0.165 e. The second kappa shape index (κ2) is 10.2. The van der Waals surface area contributed by atoms with Crippen LogP contribution in [0.4, 0.5) is 0 Å². The summed E-state index contributed by atoms with van der Waals surface area (Å²) in [7, 11) is 4.40. The minimum Gasteiger partial charge on any atom is -0.504 e. The SMILES string of the molecule is COc1cc(/C=N/C(/N=C/c2ccc(O)c(OC)c2)c2ccc(O)c(OC)c2)ccc1O. The van der Waals surface area contributed by atoms with Gasteiger partial charge in [0.2, 0.25) is 0 Å². The zero-order valence-corrected chi connectivity index (χ0v) is 17.9. The summed E-state index contributed by atoms with van der Waals surface area (Å²) in [5.41, 5.74) is 2.09. The lowest BCUT2D eigenvalue weighted by Crippen LogP contribution is -1.97. The van der Waals surface area contributed by atoms with Crippen molar-refractivity contribution < 1.29 is 29.5 Å². The molecular formula is C24H24N2O6. The van der Waals surface area contributed by atoms with Gasteiger partial charge in [-0.15, -0.1) is 0 Å². The van der Waals surface area contributed by atoms with Crippen molar-refractivity contribution in [2.45, 2.75) is 6.17 Å². The molecule has 0 fully saturated rings. The van der Waals surface area contributed by atoms with Crippen LogP contribution in [0.5, 0.6) is 34.5 Å². The molecule has 0 unspecified atom stereocenters. The van der Waals surface area contributed by atoms with Crippen LogP contribution in [0.3, 0.4) is 0 Å². The van der Waals surface area contributed by atoms with E-state index in [4.69, 9.17) is 14.2 Å². The van der Waals surface area contributed by atoms with E-state index in [2.05, 4.69) is 9.98 Å². The van der Waals surface area contributed by atoms with Gasteiger partial charge in [-0.2, -0.15) is 0 Å². The molecule has 0 amide bonds. The van der Waals surface area contributed by atoms with Crippen LogP contribution in [0.15, 0.2) is 64.6 Å². The van der Waals surface area contributed by atoms with E-state index >= 15 is 0 Å². The number of aliphatic imine (C=N–C) groups is 2. The minimum atomic E-state index is -0.663. The van der Waals surface area contributed by atoms with Crippen LogP contribution >= 0.6 is 0 Å². The molecule has 0 radical (unpaired) electrons. The molecule has 3 rings (SSSR count). The van der Waals surface area contributed by atoms with E-state index in [9.17, 15) is 15.3 Å². The van der Waals surface area contributed by atoms with Gasteiger partial charge in [-0.1, -0.05) is 6.07 Å². The third kappa shape index (κ3) is 5.28. The fourth-order valence-corrected chi connectivity index (χ4v) is 2.93. The Hall–Kier alpha value is -4.20. The first-order valence-electron chi connectivity index (χ1n) is 9.62. The third-order valence-corrected chi connectivity index (χ3v) is 4.64. The van der Waals surface area contributed by atoms with Gasteiger partial charge in [0.25, 0.3) is 0 Å². The summed E-state index contributed by atoms with van der Waals surface area (Å²) in [6.07, 6.45) is 2.56. The van der Waals surface area contributed by atoms with Crippen molar-refractivity contribution in [1.29, 1.82) is 0 Å². The third-order valence-electron chi connectivity index (χ3n) is 4.64. The Labute approximate surface area is 185 Å². The lowest BCUT2D eigenvalue weighted by Gasteiger charge is -2.11. The molecule has 32 heavy (non-hydrogen) atoms. The monoisotopic (exact) mass is 436 g/mol. The maximum Gasteiger partial charge on any atom is 0.165 e. The molecule has 0 aromatic heterocycles. The molecule has 0 aliphatic heterocycles. The van der Waals surface area contributed by atoms with Gasteiger partial charge in [0.1, 0.15) is 0 Å². The molecule has 0 bridgehead atoms. The van der Waals surface area contributed by atoms with Crippen molar-refractivity contribution in [1.82, 2.24) is 0 Å². The molecule has 0 saturated carbocycles. The van der Waals surface area contributed by atoms with Gasteiger partial charge >= 0.3 is 0 Å². The molecule has 8 heteroatoms. The van der Waals surface area contributed by atoms with Gasteiger partial charge in [0, 0.05) is 18.0 Å². The summed E-state index contributed by atoms with van der Waals surface area (Å²) in [5.74, 6) is 1.03. The Kier molecular flexibility index (Phi) is 7.17. The quantitative estimate of drug-likeness (QED) is 0.459. The predicted octanol–water partition coefficient (Wildman–Crippen LogP) is 4.07. The normalized spacial score (nSPS) is 11.4. The molecule has 0 aliphatic carbocycles. The maximum atomic E-state index is 9.92. The summed E-state index contributed by atoms with van der Waals surface area (Å²) >= 11 is 0. The zero-order chi connectivity index (χ0) is 23.1. The van der Waals surface area contributed by atoms with E-state index in [0.29, 0.717) is 33.9 Å². The maximum absolute atomic E-state index is 9.92. The molecule has 0 spiro atoms. The first-order chi connectivity index (χ1) is 15.4. The molecule has 3 aromatic rings. The van der Waals surface area contributed by atoms with Crippen molar-refractivity contribution in [2.75, 3.05) is 21.3 Å². The molecule has 3 N–H and O–H groups in total. The number of aromatic hydroxyl groups is 3. The van der Waals surface area contributed by atoms with E-state index in [0.717, 1.165) is 0 Å². The molecule has 8 nitrogen and oxygen atoms in total. The lowest BCUT2D eigenvalue weighted by atomic mass is 10.1. The lowest BCUT2D eigenvalue weighted by molar-refractivity contribution is 0.372. The van der Waals surface area contributed by atoms with Crippen LogP contribution in [0, 0.1) is 0 Å². The van der Waals surface area contributed by atoms with E-state index in [-0.39, 0.29) is 17.2 Å². The van der Waals surface area contributed by atoms with E-state index in [1.165, 1.54) is 39.5 Å². The molecular weight excluding hydrogens is 412 g/mol. The number of methoxy groups -OCH3 is 3. The van der Waals surface area contributed by atoms with Crippen LogP contribution < -0.4 is 14.2 Å². The van der Waals surface area contributed by atoms with E-state index in [1.807, 2.05) is 0 Å². The highest BCUT2D eigenvalue weighted by Crippen LogP contribution is 2.32. The highest BCUT2D eigenvalue weighted by molar-refractivity contribution is 5.83. The molecule has 0 heterocycles. The highest BCUT2D eigenvalue weighted by atomic mass is 16.5. The summed E-state index contributed by atoms with van der Waals surface area (Å²) in [6, 6.07) is 14.6. The van der Waals surface area contributed by atoms with Crippen molar-refractivity contribution in [2.24, 2.45) is 9.98 Å². The summed E-state index contributed by atoms with van der Waals surface area (Å²) in [6.45, 7) is 0. The van der Waals surface area contributed by atoms with Crippen molar-refractivity contribution >= 4 is 12.4 Å². The van der Waals surface area contributed by atoms with E-state index in [1.54, 1.807) is 48.8 Å². The summed E-state index contributed by atoms with van der Waals surface area (Å²) in [5, 5.41) is 29.5. The van der Waals surface area contributed by atoms with Gasteiger partial charge in [-0.25, -0.2) is 0 Å². The first kappa shape index (κ1) is 22.5. The number of phenolic OH excluding ortho intramolecular Hbond substituents is 3. The Morgan fingerprint density at radius 3 is 1.47 bits per heavy atom. The summed E-state index contributed by atoms with van der Waals surface area (Å²) < 4.78 is 15.5.